The molecule has 66 valence electrons. The van der Waals surface area contributed by atoms with Gasteiger partial charge >= 0.3 is 0 Å². The van der Waals surface area contributed by atoms with E-state index in [1.807, 2.05) is 0 Å². The third-order valence-electron chi connectivity index (χ3n) is 1.57. The van der Waals surface area contributed by atoms with Crippen LogP contribution in [0.1, 0.15) is 11.7 Å². The molecule has 0 spiro atoms. The highest BCUT2D eigenvalue weighted by Gasteiger charge is 2.09. The molecule has 1 atom stereocenters. The van der Waals surface area contributed by atoms with Gasteiger partial charge in [0.25, 0.3) is 0 Å². The Hall–Kier alpha value is -0.580. The molecule has 0 aromatic heterocycles. The van der Waals surface area contributed by atoms with Crippen molar-refractivity contribution in [2.24, 2.45) is 5.73 Å². The summed E-state index contributed by atoms with van der Waals surface area (Å²) >= 11 is 3.19. The summed E-state index contributed by atoms with van der Waals surface area (Å²) in [6.07, 6.45) is -0.793. The second-order valence-electron chi connectivity index (χ2n) is 2.45. The molecule has 0 aliphatic rings. The topological polar surface area (TPSA) is 66.5 Å². The van der Waals surface area contributed by atoms with E-state index in [0.29, 0.717) is 5.56 Å². The number of hydrogen-bond donors (Lipinski definition) is 3. The fraction of sp³-hybridized carbons (Fsp3) is 0.250. The van der Waals surface area contributed by atoms with Gasteiger partial charge in [0.15, 0.2) is 0 Å². The van der Waals surface area contributed by atoms with Gasteiger partial charge in [-0.05, 0) is 12.1 Å². The number of benzene rings is 1. The van der Waals surface area contributed by atoms with Crippen molar-refractivity contribution in [3.63, 3.8) is 0 Å². The summed E-state index contributed by atoms with van der Waals surface area (Å²) in [5.41, 5.74) is 5.70. The van der Waals surface area contributed by atoms with Gasteiger partial charge < -0.3 is 15.9 Å². The van der Waals surface area contributed by atoms with E-state index in [0.717, 1.165) is 4.47 Å². The molecule has 1 rings (SSSR count). The predicted octanol–water partition coefficient (Wildman–Crippen LogP) is 1.15. The molecule has 0 aliphatic carbocycles. The molecule has 0 aliphatic heterocycles. The molecule has 0 radical (unpaired) electrons. The van der Waals surface area contributed by atoms with Gasteiger partial charge in [0, 0.05) is 16.6 Å². The van der Waals surface area contributed by atoms with E-state index in [9.17, 15) is 10.2 Å². The summed E-state index contributed by atoms with van der Waals surface area (Å²) < 4.78 is 0.771. The zero-order valence-electron chi connectivity index (χ0n) is 6.37. The summed E-state index contributed by atoms with van der Waals surface area (Å²) in [6.45, 7) is 0.106. The first-order valence-corrected chi connectivity index (χ1v) is 4.31. The van der Waals surface area contributed by atoms with E-state index in [1.165, 1.54) is 6.07 Å². The second kappa shape index (κ2) is 3.89. The molecule has 4 N–H and O–H groups in total. The van der Waals surface area contributed by atoms with E-state index in [1.54, 1.807) is 12.1 Å². The molecule has 0 fully saturated rings. The highest BCUT2D eigenvalue weighted by molar-refractivity contribution is 9.10. The van der Waals surface area contributed by atoms with Crippen molar-refractivity contribution in [2.75, 3.05) is 6.54 Å². The molecule has 1 aromatic rings. The van der Waals surface area contributed by atoms with Gasteiger partial charge in [0.2, 0.25) is 0 Å². The summed E-state index contributed by atoms with van der Waals surface area (Å²) in [6, 6.07) is 4.90. The van der Waals surface area contributed by atoms with Crippen LogP contribution < -0.4 is 5.73 Å². The number of hydrogen-bond acceptors (Lipinski definition) is 3. The third-order valence-corrected chi connectivity index (χ3v) is 2.07. The minimum atomic E-state index is -0.793. The lowest BCUT2D eigenvalue weighted by Gasteiger charge is -2.09. The van der Waals surface area contributed by atoms with Crippen molar-refractivity contribution in [1.29, 1.82) is 0 Å². The molecule has 0 saturated carbocycles. The maximum absolute atomic E-state index is 9.35. The Morgan fingerprint density at radius 2 is 2.17 bits per heavy atom. The normalized spacial score (nSPS) is 12.9. The Kier molecular flexibility index (Phi) is 3.08. The minimum Gasteiger partial charge on any atom is -0.508 e. The fourth-order valence-electron chi connectivity index (χ4n) is 0.926. The van der Waals surface area contributed by atoms with E-state index in [-0.39, 0.29) is 12.3 Å². The molecular formula is C8H10BrNO2. The monoisotopic (exact) mass is 231 g/mol. The molecule has 3 nitrogen and oxygen atoms in total. The van der Waals surface area contributed by atoms with Crippen LogP contribution >= 0.6 is 15.9 Å². The van der Waals surface area contributed by atoms with Crippen molar-refractivity contribution in [1.82, 2.24) is 0 Å². The van der Waals surface area contributed by atoms with Crippen LogP contribution in [0.2, 0.25) is 0 Å². The van der Waals surface area contributed by atoms with Crippen molar-refractivity contribution in [2.45, 2.75) is 6.10 Å². The van der Waals surface area contributed by atoms with Gasteiger partial charge in [0.1, 0.15) is 5.75 Å². The first-order valence-electron chi connectivity index (χ1n) is 3.51. The number of aromatic hydroxyl groups is 1. The van der Waals surface area contributed by atoms with Crippen LogP contribution in [0, 0.1) is 0 Å². The number of nitrogens with two attached hydrogens (primary N) is 1. The molecular weight excluding hydrogens is 222 g/mol. The van der Waals surface area contributed by atoms with Crippen LogP contribution in [0.3, 0.4) is 0 Å². The van der Waals surface area contributed by atoms with Gasteiger partial charge in [-0.15, -0.1) is 0 Å². The zero-order valence-corrected chi connectivity index (χ0v) is 7.95. The predicted molar refractivity (Wildman–Crippen MR) is 49.8 cm³/mol. The number of halogens is 1. The molecule has 0 unspecified atom stereocenters. The molecule has 0 heterocycles. The Morgan fingerprint density at radius 3 is 2.67 bits per heavy atom. The number of aliphatic hydroxyl groups excluding tert-OH is 1. The summed E-state index contributed by atoms with van der Waals surface area (Å²) in [7, 11) is 0. The number of rotatable bonds is 2. The largest absolute Gasteiger partial charge is 0.508 e. The Balaban J connectivity index is 3.01. The zero-order chi connectivity index (χ0) is 9.14. The van der Waals surface area contributed by atoms with Crippen molar-refractivity contribution in [3.8, 4) is 5.75 Å². The first kappa shape index (κ1) is 9.51. The lowest BCUT2D eigenvalue weighted by Crippen LogP contribution is -2.11. The SMILES string of the molecule is NC[C@H](O)c1ccc(Br)cc1O. The van der Waals surface area contributed by atoms with Crippen LogP contribution in [0.15, 0.2) is 22.7 Å². The highest BCUT2D eigenvalue weighted by atomic mass is 79.9. The standard InChI is InChI=1S/C8H10BrNO2/c9-5-1-2-6(7(11)3-5)8(12)4-10/h1-3,8,11-12H,4,10H2/t8-/m0/s1. The van der Waals surface area contributed by atoms with Gasteiger partial charge in [-0.1, -0.05) is 22.0 Å². The van der Waals surface area contributed by atoms with E-state index in [2.05, 4.69) is 15.9 Å². The van der Waals surface area contributed by atoms with Crippen molar-refractivity contribution >= 4 is 15.9 Å². The number of aliphatic hydroxyl groups is 1. The smallest absolute Gasteiger partial charge is 0.122 e. The third kappa shape index (κ3) is 1.97. The van der Waals surface area contributed by atoms with Crippen LogP contribution in [0.4, 0.5) is 0 Å². The maximum atomic E-state index is 9.35. The number of phenolic OH excluding ortho intramolecular Hbond substituents is 1. The minimum absolute atomic E-state index is 0.0577. The summed E-state index contributed by atoms with van der Waals surface area (Å²) in [5, 5.41) is 18.6. The molecule has 0 bridgehead atoms. The highest BCUT2D eigenvalue weighted by Crippen LogP contribution is 2.26. The average molecular weight is 232 g/mol. The first-order chi connectivity index (χ1) is 5.65. The van der Waals surface area contributed by atoms with Gasteiger partial charge in [0.05, 0.1) is 6.10 Å². The Labute approximate surface area is 79.0 Å². The van der Waals surface area contributed by atoms with Crippen LogP contribution in [-0.2, 0) is 0 Å². The van der Waals surface area contributed by atoms with E-state index in [4.69, 9.17) is 5.73 Å². The van der Waals surface area contributed by atoms with Crippen LogP contribution in [0.25, 0.3) is 0 Å². The van der Waals surface area contributed by atoms with Gasteiger partial charge in [-0.2, -0.15) is 0 Å². The van der Waals surface area contributed by atoms with Crippen LogP contribution in [-0.4, -0.2) is 16.8 Å². The molecule has 0 amide bonds. The van der Waals surface area contributed by atoms with E-state index < -0.39 is 6.10 Å². The van der Waals surface area contributed by atoms with Crippen molar-refractivity contribution < 1.29 is 10.2 Å². The average Bonchev–Trinajstić information content (AvgIpc) is 2.03. The summed E-state index contributed by atoms with van der Waals surface area (Å²) in [5.74, 6) is 0.0577. The van der Waals surface area contributed by atoms with Gasteiger partial charge in [-0.25, -0.2) is 0 Å². The molecule has 4 heteroatoms. The second-order valence-corrected chi connectivity index (χ2v) is 3.37. The van der Waals surface area contributed by atoms with E-state index >= 15 is 0 Å². The quantitative estimate of drug-likeness (QED) is 0.716. The summed E-state index contributed by atoms with van der Waals surface area (Å²) in [4.78, 5) is 0. The van der Waals surface area contributed by atoms with Crippen molar-refractivity contribution in [3.05, 3.63) is 28.2 Å². The Bertz CT molecular complexity index is 278. The lowest BCUT2D eigenvalue weighted by molar-refractivity contribution is 0.182. The van der Waals surface area contributed by atoms with Crippen LogP contribution in [0.5, 0.6) is 5.75 Å². The molecule has 1 aromatic carbocycles. The Morgan fingerprint density at radius 1 is 1.50 bits per heavy atom. The lowest BCUT2D eigenvalue weighted by atomic mass is 10.1. The fourth-order valence-corrected chi connectivity index (χ4v) is 1.27. The van der Waals surface area contributed by atoms with Gasteiger partial charge in [-0.3, -0.25) is 0 Å². The molecule has 0 saturated heterocycles. The maximum Gasteiger partial charge on any atom is 0.122 e. The molecule has 12 heavy (non-hydrogen) atoms. The number of phenols is 1.